The van der Waals surface area contributed by atoms with Gasteiger partial charge in [-0.3, -0.25) is 0 Å². The fraction of sp³-hybridized carbons (Fsp3) is 0. The minimum absolute atomic E-state index is 0.222. The molecular weight excluding hydrogens is 280 g/mol. The Labute approximate surface area is 106 Å². The molecule has 0 radical (unpaired) electrons. The molecule has 1 N–H and O–H groups in total. The summed E-state index contributed by atoms with van der Waals surface area (Å²) in [5, 5.41) is 15.2. The van der Waals surface area contributed by atoms with Crippen LogP contribution in [0.2, 0.25) is 0 Å². The van der Waals surface area contributed by atoms with Gasteiger partial charge in [0, 0.05) is 16.1 Å². The van der Waals surface area contributed by atoms with Crippen LogP contribution in [0.3, 0.4) is 0 Å². The van der Waals surface area contributed by atoms with E-state index in [2.05, 4.69) is 21.0 Å². The van der Waals surface area contributed by atoms with E-state index in [9.17, 15) is 5.11 Å². The number of fused-ring (bicyclic) bond motifs is 1. The molecule has 0 aliphatic heterocycles. The van der Waals surface area contributed by atoms with Gasteiger partial charge in [-0.1, -0.05) is 34.1 Å². The predicted octanol–water partition coefficient (Wildman–Crippen LogP) is 3.49. The van der Waals surface area contributed by atoms with Gasteiger partial charge in [0.1, 0.15) is 11.4 Å². The molecule has 0 fully saturated rings. The fourth-order valence-electron chi connectivity index (χ4n) is 1.77. The van der Waals surface area contributed by atoms with Crippen molar-refractivity contribution in [1.29, 1.82) is 0 Å². The summed E-state index contributed by atoms with van der Waals surface area (Å²) in [5.74, 6) is 0.222. The van der Waals surface area contributed by atoms with E-state index in [0.29, 0.717) is 5.69 Å². The number of nitrogens with zero attached hydrogens (tertiary/aromatic N) is 2. The first-order valence-corrected chi connectivity index (χ1v) is 5.97. The summed E-state index contributed by atoms with van der Waals surface area (Å²) in [7, 11) is 0. The van der Waals surface area contributed by atoms with Crippen molar-refractivity contribution in [2.45, 2.75) is 0 Å². The van der Waals surface area contributed by atoms with Crippen LogP contribution in [-0.4, -0.2) is 14.9 Å². The maximum atomic E-state index is 9.77. The minimum Gasteiger partial charge on any atom is -0.506 e. The van der Waals surface area contributed by atoms with E-state index in [4.69, 9.17) is 0 Å². The Hall–Kier alpha value is -1.81. The highest BCUT2D eigenvalue weighted by atomic mass is 79.9. The molecule has 0 unspecified atom stereocenters. The number of phenolic OH excluding ortho intramolecular Hbond substituents is 1. The molecular formula is C13H9BrN2O. The minimum atomic E-state index is 0.222. The van der Waals surface area contributed by atoms with Crippen molar-refractivity contribution in [2.24, 2.45) is 0 Å². The molecule has 17 heavy (non-hydrogen) atoms. The van der Waals surface area contributed by atoms with Gasteiger partial charge in [-0.05, 0) is 24.3 Å². The number of para-hydroxylation sites is 2. The maximum absolute atomic E-state index is 9.77. The summed E-state index contributed by atoms with van der Waals surface area (Å²) < 4.78 is 2.68. The second-order valence-corrected chi connectivity index (χ2v) is 4.68. The Kier molecular flexibility index (Phi) is 2.37. The van der Waals surface area contributed by atoms with Crippen molar-refractivity contribution in [1.82, 2.24) is 9.78 Å². The number of aromatic hydroxyl groups is 1. The van der Waals surface area contributed by atoms with E-state index in [1.165, 1.54) is 0 Å². The number of rotatable bonds is 1. The lowest BCUT2D eigenvalue weighted by Crippen LogP contribution is -1.93. The highest BCUT2D eigenvalue weighted by Gasteiger charge is 2.06. The topological polar surface area (TPSA) is 38.0 Å². The van der Waals surface area contributed by atoms with Gasteiger partial charge < -0.3 is 5.11 Å². The Bertz CT molecular complexity index is 691. The lowest BCUT2D eigenvalue weighted by Gasteiger charge is -2.02. The van der Waals surface area contributed by atoms with Gasteiger partial charge in [0.05, 0.1) is 5.52 Å². The van der Waals surface area contributed by atoms with Crippen LogP contribution in [0, 0.1) is 0 Å². The summed E-state index contributed by atoms with van der Waals surface area (Å²) in [5.41, 5.74) is 1.57. The summed E-state index contributed by atoms with van der Waals surface area (Å²) in [4.78, 5) is 0. The molecule has 0 saturated heterocycles. The highest BCUT2D eigenvalue weighted by Crippen LogP contribution is 2.24. The number of hydrogen-bond donors (Lipinski definition) is 1. The van der Waals surface area contributed by atoms with Crippen molar-refractivity contribution in [2.75, 3.05) is 0 Å². The van der Waals surface area contributed by atoms with Crippen LogP contribution in [-0.2, 0) is 0 Å². The fourth-order valence-corrected chi connectivity index (χ4v) is 2.12. The van der Waals surface area contributed by atoms with Crippen LogP contribution in [0.15, 0.2) is 53.1 Å². The summed E-state index contributed by atoms with van der Waals surface area (Å²) in [6, 6.07) is 13.1. The number of benzene rings is 2. The molecule has 0 amide bonds. The van der Waals surface area contributed by atoms with Gasteiger partial charge in [-0.15, -0.1) is 0 Å². The van der Waals surface area contributed by atoms with Crippen LogP contribution in [0.4, 0.5) is 0 Å². The summed E-state index contributed by atoms with van der Waals surface area (Å²) in [6.07, 6.45) is 1.90. The van der Waals surface area contributed by atoms with E-state index in [1.54, 1.807) is 16.8 Å². The van der Waals surface area contributed by atoms with E-state index < -0.39 is 0 Å². The molecule has 3 aromatic rings. The summed E-state index contributed by atoms with van der Waals surface area (Å²) in [6.45, 7) is 0. The van der Waals surface area contributed by atoms with Gasteiger partial charge in [0.25, 0.3) is 0 Å². The molecule has 0 aliphatic rings. The molecule has 0 atom stereocenters. The smallest absolute Gasteiger partial charge is 0.141 e. The maximum Gasteiger partial charge on any atom is 0.141 e. The van der Waals surface area contributed by atoms with Crippen LogP contribution in [0.25, 0.3) is 16.6 Å². The zero-order valence-electron chi connectivity index (χ0n) is 8.84. The highest BCUT2D eigenvalue weighted by molar-refractivity contribution is 9.10. The zero-order chi connectivity index (χ0) is 11.8. The lowest BCUT2D eigenvalue weighted by atomic mass is 10.2. The van der Waals surface area contributed by atoms with E-state index >= 15 is 0 Å². The lowest BCUT2D eigenvalue weighted by molar-refractivity contribution is 0.470. The Balaban J connectivity index is 2.22. The number of phenols is 1. The second kappa shape index (κ2) is 3.89. The zero-order valence-corrected chi connectivity index (χ0v) is 10.4. The third-order valence-electron chi connectivity index (χ3n) is 2.60. The Morgan fingerprint density at radius 3 is 2.76 bits per heavy atom. The molecule has 0 spiro atoms. The quantitative estimate of drug-likeness (QED) is 0.744. The Morgan fingerprint density at radius 2 is 1.94 bits per heavy atom. The van der Waals surface area contributed by atoms with E-state index in [-0.39, 0.29) is 5.75 Å². The van der Waals surface area contributed by atoms with Crippen LogP contribution in [0.5, 0.6) is 5.75 Å². The van der Waals surface area contributed by atoms with Crippen molar-refractivity contribution < 1.29 is 5.11 Å². The van der Waals surface area contributed by atoms with Crippen molar-refractivity contribution in [3.8, 4) is 11.4 Å². The van der Waals surface area contributed by atoms with Gasteiger partial charge in [-0.25, -0.2) is 4.68 Å². The Morgan fingerprint density at radius 1 is 1.12 bits per heavy atom. The molecule has 0 saturated carbocycles. The van der Waals surface area contributed by atoms with E-state index in [1.807, 2.05) is 36.5 Å². The molecule has 84 valence electrons. The van der Waals surface area contributed by atoms with Gasteiger partial charge >= 0.3 is 0 Å². The largest absolute Gasteiger partial charge is 0.506 e. The van der Waals surface area contributed by atoms with E-state index in [0.717, 1.165) is 15.4 Å². The van der Waals surface area contributed by atoms with Crippen molar-refractivity contribution in [3.05, 3.63) is 53.1 Å². The van der Waals surface area contributed by atoms with Gasteiger partial charge in [-0.2, -0.15) is 5.10 Å². The van der Waals surface area contributed by atoms with Gasteiger partial charge in [0.15, 0.2) is 0 Å². The first-order chi connectivity index (χ1) is 8.24. The molecule has 2 aromatic carbocycles. The molecule has 3 nitrogen and oxygen atoms in total. The standard InChI is InChI=1S/C13H9BrN2O/c14-10-6-5-9-8-16(15-11(9)7-10)12-3-1-2-4-13(12)17/h1-8,17H. The van der Waals surface area contributed by atoms with Crippen molar-refractivity contribution >= 4 is 26.8 Å². The number of halogens is 1. The monoisotopic (exact) mass is 288 g/mol. The van der Waals surface area contributed by atoms with Crippen LogP contribution >= 0.6 is 15.9 Å². The molecule has 4 heteroatoms. The number of aromatic nitrogens is 2. The molecule has 1 aromatic heterocycles. The predicted molar refractivity (Wildman–Crippen MR) is 70.4 cm³/mol. The third-order valence-corrected chi connectivity index (χ3v) is 3.09. The van der Waals surface area contributed by atoms with Crippen molar-refractivity contribution in [3.63, 3.8) is 0 Å². The first-order valence-electron chi connectivity index (χ1n) is 5.17. The van der Waals surface area contributed by atoms with Crippen LogP contribution < -0.4 is 0 Å². The second-order valence-electron chi connectivity index (χ2n) is 3.77. The number of hydrogen-bond acceptors (Lipinski definition) is 2. The molecule has 3 rings (SSSR count). The molecule has 1 heterocycles. The molecule has 0 aliphatic carbocycles. The van der Waals surface area contributed by atoms with Crippen LogP contribution in [0.1, 0.15) is 0 Å². The first kappa shape index (κ1) is 10.4. The average Bonchev–Trinajstić information content (AvgIpc) is 2.72. The SMILES string of the molecule is Oc1ccccc1-n1cc2ccc(Br)cc2n1. The normalized spacial score (nSPS) is 10.9. The molecule has 0 bridgehead atoms. The summed E-state index contributed by atoms with van der Waals surface area (Å²) >= 11 is 3.41. The van der Waals surface area contributed by atoms with Gasteiger partial charge in [0.2, 0.25) is 0 Å². The third kappa shape index (κ3) is 1.80. The average molecular weight is 289 g/mol.